The van der Waals surface area contributed by atoms with Crippen molar-refractivity contribution in [2.75, 3.05) is 18.5 Å². The van der Waals surface area contributed by atoms with E-state index in [0.29, 0.717) is 29.4 Å². The quantitative estimate of drug-likeness (QED) is 0.622. The molecule has 0 saturated carbocycles. The molecule has 2 heterocycles. The van der Waals surface area contributed by atoms with Gasteiger partial charge in [-0.05, 0) is 61.0 Å². The monoisotopic (exact) mass is 425 g/mol. The maximum atomic E-state index is 13.0. The molecule has 4 rings (SSSR count). The number of aromatic nitrogens is 1. The molecule has 1 fully saturated rings. The predicted molar refractivity (Wildman–Crippen MR) is 119 cm³/mol. The summed E-state index contributed by atoms with van der Waals surface area (Å²) in [4.78, 5) is 30.3. The minimum absolute atomic E-state index is 0.0252. The summed E-state index contributed by atoms with van der Waals surface area (Å²) in [5.41, 5.74) is 2.82. The largest absolute Gasteiger partial charge is 0.376 e. The van der Waals surface area contributed by atoms with Crippen LogP contribution in [0.3, 0.4) is 0 Å². The number of urea groups is 1. The van der Waals surface area contributed by atoms with E-state index in [1.54, 1.807) is 29.2 Å². The summed E-state index contributed by atoms with van der Waals surface area (Å²) in [6, 6.07) is 14.4. The van der Waals surface area contributed by atoms with Gasteiger partial charge in [-0.3, -0.25) is 4.79 Å². The Morgan fingerprint density at radius 3 is 2.80 bits per heavy atom. The number of fused-ring (bicyclic) bond motifs is 1. The Morgan fingerprint density at radius 1 is 1.27 bits per heavy atom. The maximum absolute atomic E-state index is 13.0. The zero-order chi connectivity index (χ0) is 21.1. The van der Waals surface area contributed by atoms with Crippen LogP contribution in [0.4, 0.5) is 10.5 Å². The number of hydrogen-bond acceptors (Lipinski definition) is 3. The van der Waals surface area contributed by atoms with Gasteiger partial charge in [-0.25, -0.2) is 4.79 Å². The number of H-pyrrole nitrogens is 1. The summed E-state index contributed by atoms with van der Waals surface area (Å²) in [6.07, 6.45) is 1.85. The highest BCUT2D eigenvalue weighted by molar-refractivity contribution is 6.30. The Morgan fingerprint density at radius 2 is 2.07 bits per heavy atom. The molecule has 6 nitrogen and oxygen atoms in total. The van der Waals surface area contributed by atoms with Crippen LogP contribution in [0.25, 0.3) is 10.9 Å². The number of halogens is 1. The van der Waals surface area contributed by atoms with E-state index in [0.717, 1.165) is 29.3 Å². The number of amides is 2. The molecule has 0 aliphatic carbocycles. The molecular formula is C23H24ClN3O3. The number of ether oxygens (including phenoxy) is 1. The van der Waals surface area contributed by atoms with Crippen LogP contribution in [0.1, 0.15) is 24.0 Å². The molecule has 2 N–H and O–H groups in total. The summed E-state index contributed by atoms with van der Waals surface area (Å²) < 4.78 is 5.73. The molecule has 1 saturated heterocycles. The van der Waals surface area contributed by atoms with Crippen molar-refractivity contribution in [3.63, 3.8) is 0 Å². The lowest BCUT2D eigenvalue weighted by Gasteiger charge is -2.26. The van der Waals surface area contributed by atoms with E-state index in [1.165, 1.54) is 0 Å². The van der Waals surface area contributed by atoms with Gasteiger partial charge in [0.05, 0.1) is 18.2 Å². The van der Waals surface area contributed by atoms with Gasteiger partial charge < -0.3 is 19.9 Å². The Kier molecular flexibility index (Phi) is 6.06. The molecule has 0 radical (unpaired) electrons. The second kappa shape index (κ2) is 8.90. The van der Waals surface area contributed by atoms with Crippen LogP contribution in [-0.4, -0.2) is 35.2 Å². The first-order valence-electron chi connectivity index (χ1n) is 10.0. The van der Waals surface area contributed by atoms with Gasteiger partial charge in [-0.15, -0.1) is 0 Å². The van der Waals surface area contributed by atoms with E-state index < -0.39 is 0 Å². The molecule has 156 valence electrons. The van der Waals surface area contributed by atoms with Gasteiger partial charge in [-0.1, -0.05) is 29.8 Å². The molecule has 1 atom stereocenters. The number of carbonyl (C=O) groups is 1. The van der Waals surface area contributed by atoms with Crippen LogP contribution in [0, 0.1) is 6.92 Å². The van der Waals surface area contributed by atoms with Crippen molar-refractivity contribution in [3.8, 4) is 0 Å². The minimum atomic E-state index is -0.281. The van der Waals surface area contributed by atoms with E-state index in [-0.39, 0.29) is 24.2 Å². The zero-order valence-corrected chi connectivity index (χ0v) is 17.5. The summed E-state index contributed by atoms with van der Waals surface area (Å²) in [5.74, 6) is 0. The van der Waals surface area contributed by atoms with Crippen molar-refractivity contribution >= 4 is 34.2 Å². The molecular weight excluding hydrogens is 402 g/mol. The summed E-state index contributed by atoms with van der Waals surface area (Å²) in [5, 5.41) is 4.43. The highest BCUT2D eigenvalue weighted by atomic mass is 35.5. The van der Waals surface area contributed by atoms with Crippen molar-refractivity contribution in [3.05, 3.63) is 75.0 Å². The molecule has 1 aliphatic rings. The van der Waals surface area contributed by atoms with Crippen LogP contribution in [0.15, 0.2) is 53.3 Å². The third kappa shape index (κ3) is 4.66. The standard InChI is InChI=1S/C23H24ClN3O3/c1-15-4-2-5-16-12-17(22(28)26-21(15)16)13-27(14-20-6-3-11-30-20)23(29)25-19-9-7-18(24)8-10-19/h2,4-5,7-10,12,20H,3,6,11,13-14H2,1H3,(H,25,29)(H,26,28). The van der Waals surface area contributed by atoms with Crippen molar-refractivity contribution in [2.45, 2.75) is 32.4 Å². The first-order valence-corrected chi connectivity index (χ1v) is 10.4. The van der Waals surface area contributed by atoms with Gasteiger partial charge in [0.2, 0.25) is 0 Å². The number of carbonyl (C=O) groups excluding carboxylic acids is 1. The lowest BCUT2D eigenvalue weighted by Crippen LogP contribution is -2.40. The second-order valence-electron chi connectivity index (χ2n) is 7.62. The second-order valence-corrected chi connectivity index (χ2v) is 8.05. The number of pyridine rings is 1. The molecule has 3 aromatic rings. The molecule has 7 heteroatoms. The Balaban J connectivity index is 1.59. The number of rotatable bonds is 5. The summed E-state index contributed by atoms with van der Waals surface area (Å²) in [6.45, 7) is 3.28. The highest BCUT2D eigenvalue weighted by Crippen LogP contribution is 2.19. The molecule has 0 spiro atoms. The van der Waals surface area contributed by atoms with Gasteiger partial charge in [0, 0.05) is 29.4 Å². The normalized spacial score (nSPS) is 16.0. The Bertz CT molecular complexity index is 1100. The fourth-order valence-corrected chi connectivity index (χ4v) is 3.87. The molecule has 0 bridgehead atoms. The summed E-state index contributed by atoms with van der Waals surface area (Å²) >= 11 is 5.93. The van der Waals surface area contributed by atoms with Crippen LogP contribution in [0.2, 0.25) is 5.02 Å². The van der Waals surface area contributed by atoms with Crippen LogP contribution in [0.5, 0.6) is 0 Å². The van der Waals surface area contributed by atoms with Gasteiger partial charge >= 0.3 is 6.03 Å². The lowest BCUT2D eigenvalue weighted by molar-refractivity contribution is 0.0818. The smallest absolute Gasteiger partial charge is 0.322 e. The SMILES string of the molecule is Cc1cccc2cc(CN(CC3CCCO3)C(=O)Nc3ccc(Cl)cc3)c(=O)[nH]c12. The molecule has 1 unspecified atom stereocenters. The zero-order valence-electron chi connectivity index (χ0n) is 16.8. The highest BCUT2D eigenvalue weighted by Gasteiger charge is 2.24. The maximum Gasteiger partial charge on any atom is 0.322 e. The number of nitrogens with zero attached hydrogens (tertiary/aromatic N) is 1. The molecule has 2 amide bonds. The molecule has 1 aliphatic heterocycles. The topological polar surface area (TPSA) is 74.4 Å². The Labute approximate surface area is 179 Å². The third-order valence-corrected chi connectivity index (χ3v) is 5.61. The number of hydrogen-bond donors (Lipinski definition) is 2. The van der Waals surface area contributed by atoms with E-state index in [1.807, 2.05) is 31.2 Å². The number of para-hydroxylation sites is 1. The van der Waals surface area contributed by atoms with Crippen LogP contribution >= 0.6 is 11.6 Å². The third-order valence-electron chi connectivity index (χ3n) is 5.36. The van der Waals surface area contributed by atoms with Crippen LogP contribution < -0.4 is 10.9 Å². The van der Waals surface area contributed by atoms with Crippen molar-refractivity contribution in [2.24, 2.45) is 0 Å². The fraction of sp³-hybridized carbons (Fsp3) is 0.304. The van der Waals surface area contributed by atoms with E-state index in [4.69, 9.17) is 16.3 Å². The number of aromatic amines is 1. The van der Waals surface area contributed by atoms with Crippen LogP contribution in [-0.2, 0) is 11.3 Å². The minimum Gasteiger partial charge on any atom is -0.376 e. The van der Waals surface area contributed by atoms with Crippen molar-refractivity contribution in [1.29, 1.82) is 0 Å². The first-order chi connectivity index (χ1) is 14.5. The fourth-order valence-electron chi connectivity index (χ4n) is 3.74. The average Bonchev–Trinajstić information content (AvgIpc) is 3.24. The van der Waals surface area contributed by atoms with Crippen molar-refractivity contribution in [1.82, 2.24) is 9.88 Å². The number of benzene rings is 2. The molecule has 1 aromatic heterocycles. The van der Waals surface area contributed by atoms with Gasteiger partial charge in [-0.2, -0.15) is 0 Å². The molecule has 30 heavy (non-hydrogen) atoms. The van der Waals surface area contributed by atoms with E-state index in [2.05, 4.69) is 10.3 Å². The summed E-state index contributed by atoms with van der Waals surface area (Å²) in [7, 11) is 0. The Hall–Kier alpha value is -2.83. The first kappa shape index (κ1) is 20.4. The van der Waals surface area contributed by atoms with E-state index in [9.17, 15) is 9.59 Å². The van der Waals surface area contributed by atoms with Gasteiger partial charge in [0.15, 0.2) is 0 Å². The van der Waals surface area contributed by atoms with Crippen molar-refractivity contribution < 1.29 is 9.53 Å². The predicted octanol–water partition coefficient (Wildman–Crippen LogP) is 4.70. The lowest BCUT2D eigenvalue weighted by atomic mass is 10.1. The van der Waals surface area contributed by atoms with Gasteiger partial charge in [0.1, 0.15) is 0 Å². The number of aryl methyl sites for hydroxylation is 1. The van der Waals surface area contributed by atoms with E-state index >= 15 is 0 Å². The number of anilines is 1. The average molecular weight is 426 g/mol. The molecule has 2 aromatic carbocycles. The van der Waals surface area contributed by atoms with Gasteiger partial charge in [0.25, 0.3) is 5.56 Å². The number of nitrogens with one attached hydrogen (secondary N) is 2.